The summed E-state index contributed by atoms with van der Waals surface area (Å²) in [6.45, 7) is 3.50. The van der Waals surface area contributed by atoms with Crippen molar-refractivity contribution in [2.24, 2.45) is 10.7 Å². The van der Waals surface area contributed by atoms with E-state index < -0.39 is 23.6 Å². The summed E-state index contributed by atoms with van der Waals surface area (Å²) in [6, 6.07) is 6.16. The molecule has 0 unspecified atom stereocenters. The van der Waals surface area contributed by atoms with Crippen LogP contribution in [0.4, 0.5) is 18.9 Å². The van der Waals surface area contributed by atoms with Crippen LogP contribution in [0.2, 0.25) is 0 Å². The number of hydrogen-bond acceptors (Lipinski definition) is 4. The van der Waals surface area contributed by atoms with Crippen molar-refractivity contribution in [2.75, 3.05) is 0 Å². The number of hydrogen-bond donors (Lipinski definition) is 2. The van der Waals surface area contributed by atoms with Gasteiger partial charge in [0.1, 0.15) is 17.1 Å². The van der Waals surface area contributed by atoms with E-state index in [9.17, 15) is 18.0 Å². The van der Waals surface area contributed by atoms with Crippen LogP contribution in [0.1, 0.15) is 13.8 Å². The van der Waals surface area contributed by atoms with Crippen LogP contribution in [-0.2, 0) is 4.79 Å². The molecule has 1 aromatic rings. The van der Waals surface area contributed by atoms with Gasteiger partial charge in [-0.15, -0.1) is 0 Å². The molecule has 1 rings (SSSR count). The lowest BCUT2D eigenvalue weighted by Crippen LogP contribution is -2.22. The highest BCUT2D eigenvalue weighted by atomic mass is 19.4. The number of carbonyl (C=O) groups is 1. The molecular formula is C14H15F3N2O3. The Morgan fingerprint density at radius 2 is 1.95 bits per heavy atom. The SMILES string of the molecule is CC(C)Oc1ccccc1N=C(C=C(N)C(F)(F)F)C(=O)O. The van der Waals surface area contributed by atoms with E-state index in [-0.39, 0.29) is 23.6 Å². The van der Waals surface area contributed by atoms with Crippen molar-refractivity contribution >= 4 is 17.4 Å². The van der Waals surface area contributed by atoms with Gasteiger partial charge in [-0.2, -0.15) is 13.2 Å². The van der Waals surface area contributed by atoms with Crippen LogP contribution in [0.15, 0.2) is 41.0 Å². The van der Waals surface area contributed by atoms with Gasteiger partial charge in [-0.1, -0.05) is 12.1 Å². The van der Waals surface area contributed by atoms with E-state index in [0.717, 1.165) is 0 Å². The molecule has 0 aliphatic carbocycles. The van der Waals surface area contributed by atoms with Gasteiger partial charge in [0.25, 0.3) is 0 Å². The second kappa shape index (κ2) is 6.97. The van der Waals surface area contributed by atoms with Gasteiger partial charge in [0.2, 0.25) is 0 Å². The highest BCUT2D eigenvalue weighted by molar-refractivity contribution is 6.41. The van der Waals surface area contributed by atoms with Gasteiger partial charge < -0.3 is 15.6 Å². The zero-order valence-corrected chi connectivity index (χ0v) is 11.9. The Morgan fingerprint density at radius 3 is 2.45 bits per heavy atom. The minimum absolute atomic E-state index is 0.0971. The number of nitrogens with zero attached hydrogens (tertiary/aromatic N) is 1. The van der Waals surface area contributed by atoms with Gasteiger partial charge in [-0.25, -0.2) is 9.79 Å². The molecule has 0 heterocycles. The van der Waals surface area contributed by atoms with Crippen molar-refractivity contribution in [1.29, 1.82) is 0 Å². The molecule has 0 saturated carbocycles. The molecule has 1 aromatic carbocycles. The van der Waals surface area contributed by atoms with Crippen molar-refractivity contribution in [3.63, 3.8) is 0 Å². The summed E-state index contributed by atoms with van der Waals surface area (Å²) in [5.74, 6) is -1.37. The largest absolute Gasteiger partial charge is 0.489 e. The van der Waals surface area contributed by atoms with Crippen LogP contribution < -0.4 is 10.5 Å². The molecule has 0 spiro atoms. The second-order valence-electron chi connectivity index (χ2n) is 4.53. The average molecular weight is 316 g/mol. The van der Waals surface area contributed by atoms with Gasteiger partial charge in [0.05, 0.1) is 6.10 Å². The molecule has 0 aliphatic rings. The lowest BCUT2D eigenvalue weighted by molar-refractivity contribution is -0.129. The van der Waals surface area contributed by atoms with Crippen LogP contribution in [0.5, 0.6) is 5.75 Å². The van der Waals surface area contributed by atoms with Crippen LogP contribution in [-0.4, -0.2) is 29.1 Å². The van der Waals surface area contributed by atoms with Crippen LogP contribution in [0.25, 0.3) is 0 Å². The summed E-state index contributed by atoms with van der Waals surface area (Å²) in [5, 5.41) is 8.98. The zero-order valence-electron chi connectivity index (χ0n) is 11.9. The third kappa shape index (κ3) is 5.12. The maximum absolute atomic E-state index is 12.4. The quantitative estimate of drug-likeness (QED) is 0.818. The summed E-state index contributed by atoms with van der Waals surface area (Å²) in [5.41, 5.74) is 2.54. The van der Waals surface area contributed by atoms with Crippen molar-refractivity contribution < 1.29 is 27.8 Å². The predicted octanol–water partition coefficient (Wildman–Crippen LogP) is 3.04. The van der Waals surface area contributed by atoms with Gasteiger partial charge in [-0.05, 0) is 32.1 Å². The average Bonchev–Trinajstić information content (AvgIpc) is 2.38. The lowest BCUT2D eigenvalue weighted by atomic mass is 10.2. The number of aliphatic carboxylic acids is 1. The highest BCUT2D eigenvalue weighted by Gasteiger charge is 2.32. The summed E-state index contributed by atoms with van der Waals surface area (Å²) in [4.78, 5) is 14.8. The van der Waals surface area contributed by atoms with E-state index in [0.29, 0.717) is 0 Å². The Hall–Kier alpha value is -2.51. The lowest BCUT2D eigenvalue weighted by Gasteiger charge is -2.12. The van der Waals surface area contributed by atoms with E-state index in [4.69, 9.17) is 15.6 Å². The first-order valence-electron chi connectivity index (χ1n) is 6.23. The van der Waals surface area contributed by atoms with E-state index in [1.807, 2.05) is 0 Å². The molecule has 0 atom stereocenters. The minimum atomic E-state index is -4.83. The molecule has 120 valence electrons. The molecule has 3 N–H and O–H groups in total. The van der Waals surface area contributed by atoms with Gasteiger partial charge in [0, 0.05) is 0 Å². The smallest absolute Gasteiger partial charge is 0.430 e. The number of nitrogens with two attached hydrogens (primary N) is 1. The van der Waals surface area contributed by atoms with E-state index in [2.05, 4.69) is 4.99 Å². The maximum Gasteiger partial charge on any atom is 0.430 e. The Bertz CT molecular complexity index is 608. The minimum Gasteiger partial charge on any atom is -0.489 e. The van der Waals surface area contributed by atoms with E-state index in [1.54, 1.807) is 26.0 Å². The number of halogens is 3. The van der Waals surface area contributed by atoms with E-state index in [1.165, 1.54) is 12.1 Å². The van der Waals surface area contributed by atoms with Crippen molar-refractivity contribution in [3.8, 4) is 5.75 Å². The highest BCUT2D eigenvalue weighted by Crippen LogP contribution is 2.28. The second-order valence-corrected chi connectivity index (χ2v) is 4.53. The number of carboxylic acid groups (broad SMARTS) is 1. The van der Waals surface area contributed by atoms with Crippen molar-refractivity contribution in [1.82, 2.24) is 0 Å². The normalized spacial score (nSPS) is 13.4. The van der Waals surface area contributed by atoms with Crippen LogP contribution in [0.3, 0.4) is 0 Å². The summed E-state index contributed by atoms with van der Waals surface area (Å²) in [6.07, 6.45) is -4.76. The molecule has 0 radical (unpaired) electrons. The standard InChI is InChI=1S/C14H15F3N2O3/c1-8(2)22-11-6-4-3-5-9(11)19-10(13(20)21)7-12(18)14(15,16)17/h3-8H,18H2,1-2H3,(H,20,21). The number of allylic oxidation sites excluding steroid dienone is 1. The molecule has 0 saturated heterocycles. The molecular weight excluding hydrogens is 301 g/mol. The fourth-order valence-corrected chi connectivity index (χ4v) is 1.40. The van der Waals surface area contributed by atoms with Gasteiger partial charge in [0.15, 0.2) is 5.71 Å². The predicted molar refractivity (Wildman–Crippen MR) is 75.3 cm³/mol. The fourth-order valence-electron chi connectivity index (χ4n) is 1.40. The molecule has 5 nitrogen and oxygen atoms in total. The third-order valence-corrected chi connectivity index (χ3v) is 2.31. The van der Waals surface area contributed by atoms with E-state index >= 15 is 0 Å². The monoisotopic (exact) mass is 316 g/mol. The zero-order chi connectivity index (χ0) is 16.9. The number of alkyl halides is 3. The Balaban J connectivity index is 3.29. The molecule has 0 bridgehead atoms. The molecule has 0 fully saturated rings. The van der Waals surface area contributed by atoms with Crippen LogP contribution in [0, 0.1) is 0 Å². The first kappa shape index (κ1) is 17.5. The summed E-state index contributed by atoms with van der Waals surface area (Å²) in [7, 11) is 0. The van der Waals surface area contributed by atoms with Crippen molar-refractivity contribution in [2.45, 2.75) is 26.1 Å². The summed E-state index contributed by atoms with van der Waals surface area (Å²) >= 11 is 0. The topological polar surface area (TPSA) is 84.9 Å². The Kier molecular flexibility index (Phi) is 5.56. The molecule has 0 aliphatic heterocycles. The van der Waals surface area contributed by atoms with Crippen molar-refractivity contribution in [3.05, 3.63) is 36.0 Å². The Morgan fingerprint density at radius 1 is 1.36 bits per heavy atom. The maximum atomic E-state index is 12.4. The van der Waals surface area contributed by atoms with Crippen LogP contribution >= 0.6 is 0 Å². The van der Waals surface area contributed by atoms with Gasteiger partial charge >= 0.3 is 12.1 Å². The third-order valence-electron chi connectivity index (χ3n) is 2.31. The number of aliphatic imine (C=N–C) groups is 1. The number of ether oxygens (including phenoxy) is 1. The van der Waals surface area contributed by atoms with Gasteiger partial charge in [-0.3, -0.25) is 0 Å². The number of rotatable bonds is 5. The first-order valence-corrected chi connectivity index (χ1v) is 6.23. The summed E-state index contributed by atoms with van der Waals surface area (Å²) < 4.78 is 42.6. The number of para-hydroxylation sites is 2. The molecule has 8 heteroatoms. The number of carboxylic acids is 1. The molecule has 0 amide bonds. The molecule has 0 aromatic heterocycles. The Labute approximate surface area is 124 Å². The fraction of sp³-hybridized carbons (Fsp3) is 0.286. The molecule has 22 heavy (non-hydrogen) atoms. The number of benzene rings is 1. The first-order chi connectivity index (χ1) is 10.1.